The topological polar surface area (TPSA) is 82.2 Å². The number of carbonyl (C=O) groups excluding carboxylic acids is 3. The Morgan fingerprint density at radius 1 is 1.00 bits per heavy atom. The first-order valence-corrected chi connectivity index (χ1v) is 12.7. The maximum absolute atomic E-state index is 13.2. The number of nitrogens with zero attached hydrogens (tertiary/aromatic N) is 3. The van der Waals surface area contributed by atoms with Gasteiger partial charge >= 0.3 is 12.1 Å². The third kappa shape index (κ3) is 4.90. The SMILES string of the molecule is Cc1ccc(NC(=O)N2CCC3(CCN(C(=O)CN4C(=O)OC[C@@H]4c4ccccc4)C3)CC2)c(C)c1. The van der Waals surface area contributed by atoms with Gasteiger partial charge in [0.1, 0.15) is 13.2 Å². The molecule has 3 heterocycles. The van der Waals surface area contributed by atoms with E-state index in [-0.39, 0.29) is 36.5 Å². The Morgan fingerprint density at radius 3 is 2.39 bits per heavy atom. The first-order valence-electron chi connectivity index (χ1n) is 12.7. The number of likely N-dealkylation sites (tertiary alicyclic amines) is 2. The van der Waals surface area contributed by atoms with Crippen LogP contribution in [0.5, 0.6) is 0 Å². The molecular weight excluding hydrogens is 456 g/mol. The van der Waals surface area contributed by atoms with E-state index in [0.29, 0.717) is 26.2 Å². The van der Waals surface area contributed by atoms with Crippen LogP contribution in [0.15, 0.2) is 48.5 Å². The summed E-state index contributed by atoms with van der Waals surface area (Å²) in [6, 6.07) is 15.4. The number of nitrogens with one attached hydrogen (secondary N) is 1. The van der Waals surface area contributed by atoms with Crippen molar-refractivity contribution in [1.29, 1.82) is 0 Å². The van der Waals surface area contributed by atoms with Crippen LogP contribution in [-0.2, 0) is 9.53 Å². The van der Waals surface area contributed by atoms with Gasteiger partial charge in [-0.05, 0) is 55.7 Å². The Balaban J connectivity index is 1.15. The van der Waals surface area contributed by atoms with Gasteiger partial charge in [-0.25, -0.2) is 9.59 Å². The Bertz CT molecular complexity index is 1140. The zero-order valence-corrected chi connectivity index (χ0v) is 21.0. The number of rotatable bonds is 4. The molecule has 36 heavy (non-hydrogen) atoms. The van der Waals surface area contributed by atoms with Gasteiger partial charge in [0, 0.05) is 31.9 Å². The van der Waals surface area contributed by atoms with E-state index in [1.807, 2.05) is 66.1 Å². The monoisotopic (exact) mass is 490 g/mol. The fourth-order valence-electron chi connectivity index (χ4n) is 5.71. The number of amides is 4. The van der Waals surface area contributed by atoms with Crippen LogP contribution in [0.3, 0.4) is 0 Å². The van der Waals surface area contributed by atoms with Crippen LogP contribution < -0.4 is 5.32 Å². The quantitative estimate of drug-likeness (QED) is 0.691. The van der Waals surface area contributed by atoms with Crippen molar-refractivity contribution < 1.29 is 19.1 Å². The summed E-state index contributed by atoms with van der Waals surface area (Å²) in [7, 11) is 0. The number of benzene rings is 2. The molecule has 190 valence electrons. The van der Waals surface area contributed by atoms with Crippen molar-refractivity contribution >= 4 is 23.7 Å². The van der Waals surface area contributed by atoms with Crippen LogP contribution in [0.2, 0.25) is 0 Å². The fourth-order valence-corrected chi connectivity index (χ4v) is 5.71. The highest BCUT2D eigenvalue weighted by molar-refractivity contribution is 5.90. The number of ether oxygens (including phenoxy) is 1. The lowest BCUT2D eigenvalue weighted by Gasteiger charge is -2.39. The molecule has 3 fully saturated rings. The number of anilines is 1. The molecule has 1 atom stereocenters. The van der Waals surface area contributed by atoms with Gasteiger partial charge in [-0.15, -0.1) is 0 Å². The molecule has 0 bridgehead atoms. The molecule has 0 aromatic heterocycles. The number of aryl methyl sites for hydroxylation is 2. The van der Waals surface area contributed by atoms with E-state index in [0.717, 1.165) is 36.1 Å². The third-order valence-corrected chi connectivity index (χ3v) is 7.99. The van der Waals surface area contributed by atoms with E-state index in [4.69, 9.17) is 4.74 Å². The Hall–Kier alpha value is -3.55. The van der Waals surface area contributed by atoms with Gasteiger partial charge in [0.15, 0.2) is 0 Å². The summed E-state index contributed by atoms with van der Waals surface area (Å²) in [6.07, 6.45) is 2.23. The average molecular weight is 491 g/mol. The summed E-state index contributed by atoms with van der Waals surface area (Å²) in [5.41, 5.74) is 4.08. The molecule has 4 amide bonds. The molecule has 0 radical (unpaired) electrons. The third-order valence-electron chi connectivity index (χ3n) is 7.99. The normalized spacial score (nSPS) is 21.1. The minimum Gasteiger partial charge on any atom is -0.447 e. The number of carbonyl (C=O) groups is 3. The summed E-state index contributed by atoms with van der Waals surface area (Å²) in [5, 5.41) is 3.05. The van der Waals surface area contributed by atoms with Crippen LogP contribution in [0.25, 0.3) is 0 Å². The molecule has 0 saturated carbocycles. The standard InChI is InChI=1S/C28H34N4O4/c1-20-8-9-23(21(2)16-20)29-26(34)30-13-10-28(11-14-30)12-15-31(19-28)25(33)17-32-24(18-36-27(32)35)22-6-4-3-5-7-22/h3-9,16,24H,10-15,17-19H2,1-2H3,(H,29,34)/t24-/m1/s1. The maximum Gasteiger partial charge on any atom is 0.410 e. The second-order valence-electron chi connectivity index (χ2n) is 10.4. The first kappa shape index (κ1) is 24.2. The van der Waals surface area contributed by atoms with Gasteiger partial charge in [0.05, 0.1) is 6.04 Å². The summed E-state index contributed by atoms with van der Waals surface area (Å²) in [5.74, 6) is -0.0401. The molecule has 1 spiro atoms. The Morgan fingerprint density at radius 2 is 1.69 bits per heavy atom. The predicted molar refractivity (Wildman–Crippen MR) is 137 cm³/mol. The minimum atomic E-state index is -0.436. The van der Waals surface area contributed by atoms with E-state index < -0.39 is 6.09 Å². The van der Waals surface area contributed by atoms with Crippen molar-refractivity contribution in [3.05, 3.63) is 65.2 Å². The van der Waals surface area contributed by atoms with Gasteiger partial charge in [-0.2, -0.15) is 0 Å². The van der Waals surface area contributed by atoms with Gasteiger partial charge in [0.25, 0.3) is 0 Å². The highest BCUT2D eigenvalue weighted by atomic mass is 16.6. The highest BCUT2D eigenvalue weighted by Gasteiger charge is 2.44. The lowest BCUT2D eigenvalue weighted by atomic mass is 9.78. The van der Waals surface area contributed by atoms with Crippen molar-refractivity contribution in [2.24, 2.45) is 5.41 Å². The Labute approximate surface area is 212 Å². The molecule has 8 heteroatoms. The van der Waals surface area contributed by atoms with Crippen LogP contribution in [0.4, 0.5) is 15.3 Å². The van der Waals surface area contributed by atoms with E-state index >= 15 is 0 Å². The summed E-state index contributed by atoms with van der Waals surface area (Å²) >= 11 is 0. The van der Waals surface area contributed by atoms with Gasteiger partial charge in [0.2, 0.25) is 5.91 Å². The van der Waals surface area contributed by atoms with Crippen LogP contribution in [0.1, 0.15) is 42.0 Å². The van der Waals surface area contributed by atoms with Gasteiger partial charge < -0.3 is 19.9 Å². The highest BCUT2D eigenvalue weighted by Crippen LogP contribution is 2.41. The largest absolute Gasteiger partial charge is 0.447 e. The average Bonchev–Trinajstić information content (AvgIpc) is 3.45. The van der Waals surface area contributed by atoms with Crippen LogP contribution in [-0.4, -0.2) is 72.1 Å². The van der Waals surface area contributed by atoms with Crippen LogP contribution >= 0.6 is 0 Å². The van der Waals surface area contributed by atoms with Gasteiger partial charge in [-0.1, -0.05) is 48.0 Å². The Kier molecular flexibility index (Phi) is 6.60. The number of hydrogen-bond donors (Lipinski definition) is 1. The minimum absolute atomic E-state index is 0.0267. The van der Waals surface area contributed by atoms with Crippen molar-refractivity contribution in [3.63, 3.8) is 0 Å². The number of cyclic esters (lactones) is 1. The summed E-state index contributed by atoms with van der Waals surface area (Å²) in [6.45, 7) is 7.04. The first-order chi connectivity index (χ1) is 17.3. The van der Waals surface area contributed by atoms with E-state index in [1.54, 1.807) is 4.90 Å². The van der Waals surface area contributed by atoms with Crippen LogP contribution in [0, 0.1) is 19.3 Å². The molecule has 1 N–H and O–H groups in total. The lowest BCUT2D eigenvalue weighted by molar-refractivity contribution is -0.131. The van der Waals surface area contributed by atoms with Crippen molar-refractivity contribution in [2.75, 3.05) is 44.6 Å². The zero-order chi connectivity index (χ0) is 25.3. The van der Waals surface area contributed by atoms with Gasteiger partial charge in [-0.3, -0.25) is 9.69 Å². The molecule has 0 unspecified atom stereocenters. The molecular formula is C28H34N4O4. The number of urea groups is 1. The lowest BCUT2D eigenvalue weighted by Crippen LogP contribution is -2.47. The second kappa shape index (κ2) is 9.84. The smallest absolute Gasteiger partial charge is 0.410 e. The molecule has 8 nitrogen and oxygen atoms in total. The van der Waals surface area contributed by atoms with Crippen molar-refractivity contribution in [2.45, 2.75) is 39.2 Å². The molecule has 0 aliphatic carbocycles. The molecule has 3 aliphatic heterocycles. The van der Waals surface area contributed by atoms with E-state index in [9.17, 15) is 14.4 Å². The van der Waals surface area contributed by atoms with Crippen molar-refractivity contribution in [1.82, 2.24) is 14.7 Å². The zero-order valence-electron chi connectivity index (χ0n) is 21.0. The summed E-state index contributed by atoms with van der Waals surface area (Å²) < 4.78 is 5.27. The van der Waals surface area contributed by atoms with Crippen molar-refractivity contribution in [3.8, 4) is 0 Å². The molecule has 5 rings (SSSR count). The predicted octanol–water partition coefficient (Wildman–Crippen LogP) is 4.34. The number of hydrogen-bond acceptors (Lipinski definition) is 4. The second-order valence-corrected chi connectivity index (χ2v) is 10.4. The van der Waals surface area contributed by atoms with E-state index in [1.165, 1.54) is 5.56 Å². The molecule has 2 aromatic carbocycles. The fraction of sp³-hybridized carbons (Fsp3) is 0.464. The molecule has 3 saturated heterocycles. The summed E-state index contributed by atoms with van der Waals surface area (Å²) in [4.78, 5) is 43.7. The number of piperidine rings is 1. The molecule has 3 aliphatic rings. The van der Waals surface area contributed by atoms with E-state index in [2.05, 4.69) is 11.4 Å². The maximum atomic E-state index is 13.2. The molecule has 2 aromatic rings.